The van der Waals surface area contributed by atoms with Gasteiger partial charge in [-0.2, -0.15) is 0 Å². The summed E-state index contributed by atoms with van der Waals surface area (Å²) >= 11 is 0. The maximum absolute atomic E-state index is 12.3. The second-order valence-electron chi connectivity index (χ2n) is 4.26. The fourth-order valence-electron chi connectivity index (χ4n) is 1.71. The summed E-state index contributed by atoms with van der Waals surface area (Å²) in [6, 6.07) is 11.1. The number of nitrogens with one attached hydrogen (secondary N) is 1. The number of hydrogen-bond acceptors (Lipinski definition) is 4. The number of anilines is 2. The highest BCUT2D eigenvalue weighted by molar-refractivity contribution is 6.04. The molecule has 19 heavy (non-hydrogen) atoms. The van der Waals surface area contributed by atoms with Crippen molar-refractivity contribution in [3.63, 3.8) is 0 Å². The molecule has 1 aromatic carbocycles. The van der Waals surface area contributed by atoms with E-state index in [-0.39, 0.29) is 5.91 Å². The largest absolute Gasteiger partial charge is 0.372 e. The molecular weight excluding hydrogens is 240 g/mol. The summed E-state index contributed by atoms with van der Waals surface area (Å²) in [6.07, 6.45) is 0. The Morgan fingerprint density at radius 2 is 2.00 bits per heavy atom. The van der Waals surface area contributed by atoms with Crippen LogP contribution in [0.25, 0.3) is 0 Å². The Bertz CT molecular complexity index is 580. The third-order valence-electron chi connectivity index (χ3n) is 2.83. The highest BCUT2D eigenvalue weighted by atomic mass is 16.2. The standard InChI is InChI=1S/C14H16N4O/c1-10-5-4-6-11(9-10)18(3)14(19)12-7-8-13(15-2)17-16-12/h4-9H,1-3H3,(H,15,17). The van der Waals surface area contributed by atoms with Crippen molar-refractivity contribution in [3.8, 4) is 0 Å². The van der Waals surface area contributed by atoms with E-state index >= 15 is 0 Å². The van der Waals surface area contributed by atoms with E-state index in [9.17, 15) is 4.79 Å². The van der Waals surface area contributed by atoms with Crippen LogP contribution in [0.2, 0.25) is 0 Å². The fraction of sp³-hybridized carbons (Fsp3) is 0.214. The lowest BCUT2D eigenvalue weighted by Gasteiger charge is -2.17. The number of hydrogen-bond donors (Lipinski definition) is 1. The molecule has 1 amide bonds. The van der Waals surface area contributed by atoms with Crippen molar-refractivity contribution in [1.82, 2.24) is 10.2 Å². The first-order valence-corrected chi connectivity index (χ1v) is 5.98. The lowest BCUT2D eigenvalue weighted by atomic mass is 10.2. The van der Waals surface area contributed by atoms with Crippen LogP contribution in [0.5, 0.6) is 0 Å². The number of amides is 1. The minimum Gasteiger partial charge on any atom is -0.372 e. The molecule has 0 radical (unpaired) electrons. The normalized spacial score (nSPS) is 10.1. The zero-order chi connectivity index (χ0) is 13.8. The van der Waals surface area contributed by atoms with E-state index < -0.39 is 0 Å². The maximum atomic E-state index is 12.3. The molecule has 0 fully saturated rings. The van der Waals surface area contributed by atoms with Crippen LogP contribution >= 0.6 is 0 Å². The third-order valence-corrected chi connectivity index (χ3v) is 2.83. The highest BCUT2D eigenvalue weighted by Gasteiger charge is 2.15. The molecule has 0 saturated carbocycles. The second-order valence-corrected chi connectivity index (χ2v) is 4.26. The topological polar surface area (TPSA) is 58.1 Å². The van der Waals surface area contributed by atoms with E-state index in [1.54, 1.807) is 31.1 Å². The molecule has 98 valence electrons. The zero-order valence-corrected chi connectivity index (χ0v) is 11.2. The van der Waals surface area contributed by atoms with Crippen molar-refractivity contribution in [2.75, 3.05) is 24.3 Å². The number of nitrogens with zero attached hydrogens (tertiary/aromatic N) is 3. The molecule has 1 heterocycles. The van der Waals surface area contributed by atoms with E-state index in [0.29, 0.717) is 11.5 Å². The van der Waals surface area contributed by atoms with Crippen molar-refractivity contribution in [1.29, 1.82) is 0 Å². The lowest BCUT2D eigenvalue weighted by molar-refractivity contribution is 0.0987. The number of aryl methyl sites for hydroxylation is 1. The van der Waals surface area contributed by atoms with Gasteiger partial charge >= 0.3 is 0 Å². The molecule has 0 unspecified atom stereocenters. The van der Waals surface area contributed by atoms with Gasteiger partial charge in [-0.1, -0.05) is 12.1 Å². The first-order chi connectivity index (χ1) is 9.11. The van der Waals surface area contributed by atoms with E-state index in [0.717, 1.165) is 11.3 Å². The molecule has 2 rings (SSSR count). The number of benzene rings is 1. The molecule has 2 aromatic rings. The number of carbonyl (C=O) groups excluding carboxylic acids is 1. The van der Waals surface area contributed by atoms with Gasteiger partial charge in [-0.25, -0.2) is 0 Å². The Hall–Kier alpha value is -2.43. The van der Waals surface area contributed by atoms with Crippen molar-refractivity contribution in [2.45, 2.75) is 6.92 Å². The molecule has 0 bridgehead atoms. The average Bonchev–Trinajstić information content (AvgIpc) is 2.46. The van der Waals surface area contributed by atoms with Crippen molar-refractivity contribution >= 4 is 17.4 Å². The summed E-state index contributed by atoms with van der Waals surface area (Å²) in [4.78, 5) is 13.8. The monoisotopic (exact) mass is 256 g/mol. The Balaban J connectivity index is 2.23. The molecule has 1 aromatic heterocycles. The van der Waals surface area contributed by atoms with Gasteiger partial charge in [0.15, 0.2) is 5.69 Å². The van der Waals surface area contributed by atoms with E-state index in [2.05, 4.69) is 15.5 Å². The van der Waals surface area contributed by atoms with Crippen LogP contribution in [0.15, 0.2) is 36.4 Å². The summed E-state index contributed by atoms with van der Waals surface area (Å²) < 4.78 is 0. The first kappa shape index (κ1) is 13.0. The molecule has 5 heteroatoms. The van der Waals surface area contributed by atoms with Crippen LogP contribution in [0.3, 0.4) is 0 Å². The molecule has 0 atom stereocenters. The van der Waals surface area contributed by atoms with Crippen LogP contribution in [-0.2, 0) is 0 Å². The van der Waals surface area contributed by atoms with Gasteiger partial charge in [0.05, 0.1) is 0 Å². The Kier molecular flexibility index (Phi) is 3.75. The highest BCUT2D eigenvalue weighted by Crippen LogP contribution is 2.16. The zero-order valence-electron chi connectivity index (χ0n) is 11.2. The van der Waals surface area contributed by atoms with Gasteiger partial charge in [0.25, 0.3) is 5.91 Å². The van der Waals surface area contributed by atoms with Gasteiger partial charge in [0, 0.05) is 19.8 Å². The minimum atomic E-state index is -0.180. The molecule has 0 aliphatic carbocycles. The predicted molar refractivity (Wildman–Crippen MR) is 75.5 cm³/mol. The molecular formula is C14H16N4O. The fourth-order valence-corrected chi connectivity index (χ4v) is 1.71. The Morgan fingerprint density at radius 1 is 1.21 bits per heavy atom. The first-order valence-electron chi connectivity index (χ1n) is 5.98. The Morgan fingerprint density at radius 3 is 2.58 bits per heavy atom. The van der Waals surface area contributed by atoms with E-state index in [1.807, 2.05) is 31.2 Å². The van der Waals surface area contributed by atoms with E-state index in [4.69, 9.17) is 0 Å². The quantitative estimate of drug-likeness (QED) is 0.913. The van der Waals surface area contributed by atoms with Crippen molar-refractivity contribution in [2.24, 2.45) is 0 Å². The van der Waals surface area contributed by atoms with Crippen LogP contribution in [0.1, 0.15) is 16.1 Å². The molecule has 5 nitrogen and oxygen atoms in total. The average molecular weight is 256 g/mol. The maximum Gasteiger partial charge on any atom is 0.278 e. The van der Waals surface area contributed by atoms with Crippen molar-refractivity contribution in [3.05, 3.63) is 47.7 Å². The van der Waals surface area contributed by atoms with Gasteiger partial charge in [-0.3, -0.25) is 4.79 Å². The molecule has 1 N–H and O–H groups in total. The third kappa shape index (κ3) is 2.88. The summed E-state index contributed by atoms with van der Waals surface area (Å²) in [7, 11) is 3.48. The summed E-state index contributed by atoms with van der Waals surface area (Å²) in [5.74, 6) is 0.454. The van der Waals surface area contributed by atoms with E-state index in [1.165, 1.54) is 0 Å². The van der Waals surface area contributed by atoms with Crippen molar-refractivity contribution < 1.29 is 4.79 Å². The SMILES string of the molecule is CNc1ccc(C(=O)N(C)c2cccc(C)c2)nn1. The molecule has 0 spiro atoms. The van der Waals surface area contributed by atoms with Gasteiger partial charge < -0.3 is 10.2 Å². The Labute approximate surface area is 112 Å². The lowest BCUT2D eigenvalue weighted by Crippen LogP contribution is -2.27. The number of aromatic nitrogens is 2. The number of rotatable bonds is 3. The van der Waals surface area contributed by atoms with Crippen LogP contribution in [0.4, 0.5) is 11.5 Å². The summed E-state index contributed by atoms with van der Waals surface area (Å²) in [6.45, 7) is 1.99. The molecule has 0 aliphatic heterocycles. The van der Waals surface area contributed by atoms with Crippen LogP contribution in [0, 0.1) is 6.92 Å². The second kappa shape index (κ2) is 5.48. The van der Waals surface area contributed by atoms with Gasteiger partial charge in [-0.05, 0) is 36.8 Å². The van der Waals surface area contributed by atoms with Gasteiger partial charge in [-0.15, -0.1) is 10.2 Å². The summed E-state index contributed by atoms with van der Waals surface area (Å²) in [5.41, 5.74) is 2.27. The smallest absolute Gasteiger partial charge is 0.278 e. The van der Waals surface area contributed by atoms with Crippen LogP contribution in [-0.4, -0.2) is 30.2 Å². The van der Waals surface area contributed by atoms with Crippen LogP contribution < -0.4 is 10.2 Å². The molecule has 0 aliphatic rings. The summed E-state index contributed by atoms with van der Waals surface area (Å²) in [5, 5.41) is 10.7. The number of carbonyl (C=O) groups is 1. The van der Waals surface area contributed by atoms with Gasteiger partial charge in [0.1, 0.15) is 5.82 Å². The minimum absolute atomic E-state index is 0.180. The van der Waals surface area contributed by atoms with Gasteiger partial charge in [0.2, 0.25) is 0 Å². The molecule has 0 saturated heterocycles. The predicted octanol–water partition coefficient (Wildman–Crippen LogP) is 2.10.